The maximum absolute atomic E-state index is 13.0. The molecule has 0 N–H and O–H groups in total. The van der Waals surface area contributed by atoms with E-state index in [1.807, 2.05) is 36.4 Å². The van der Waals surface area contributed by atoms with Crippen molar-refractivity contribution in [2.45, 2.75) is 12.3 Å². The number of rotatable bonds is 4. The first-order valence-corrected chi connectivity index (χ1v) is 8.87. The van der Waals surface area contributed by atoms with Gasteiger partial charge in [-0.15, -0.1) is 0 Å². The summed E-state index contributed by atoms with van der Waals surface area (Å²) in [6.07, 6.45) is 0. The maximum atomic E-state index is 13.0. The third-order valence-electron chi connectivity index (χ3n) is 4.36. The number of halogens is 3. The van der Waals surface area contributed by atoms with Gasteiger partial charge in [-0.3, -0.25) is 4.79 Å². The van der Waals surface area contributed by atoms with Crippen LogP contribution in [0, 0.1) is 0 Å². The summed E-state index contributed by atoms with van der Waals surface area (Å²) < 4.78 is 0. The summed E-state index contributed by atoms with van der Waals surface area (Å²) in [4.78, 5) is 13.0. The minimum Gasteiger partial charge on any atom is -0.298 e. The number of hydrogen-bond donors (Lipinski definition) is 0. The van der Waals surface area contributed by atoms with Crippen molar-refractivity contribution in [2.24, 2.45) is 0 Å². The van der Waals surface area contributed by atoms with Gasteiger partial charge in [0.2, 0.25) is 0 Å². The monoisotopic (exact) mass is 388 g/mol. The third-order valence-corrected chi connectivity index (χ3v) is 5.12. The average molecular weight is 390 g/mol. The number of hydrogen-bond acceptors (Lipinski definition) is 1. The van der Waals surface area contributed by atoms with Crippen LogP contribution in [0.2, 0.25) is 15.1 Å². The Morgan fingerprint density at radius 3 is 1.04 bits per heavy atom. The van der Waals surface area contributed by atoms with Gasteiger partial charge in [-0.2, -0.15) is 0 Å². The number of carbonyl (C=O) groups is 1. The molecule has 0 aromatic heterocycles. The zero-order chi connectivity index (χ0) is 18.0. The first-order chi connectivity index (χ1) is 11.9. The van der Waals surface area contributed by atoms with Crippen LogP contribution in [0.4, 0.5) is 0 Å². The standard InChI is InChI=1S/C21H15Cl3O/c1-14(25)21(15-2-8-18(22)9-3-15,16-4-10-19(23)11-5-16)17-6-12-20(24)13-7-17/h2-13H,1H3. The van der Waals surface area contributed by atoms with Gasteiger partial charge in [0, 0.05) is 15.1 Å². The summed E-state index contributed by atoms with van der Waals surface area (Å²) in [7, 11) is 0. The lowest BCUT2D eigenvalue weighted by Gasteiger charge is -2.33. The van der Waals surface area contributed by atoms with Crippen molar-refractivity contribution in [1.29, 1.82) is 0 Å². The zero-order valence-electron chi connectivity index (χ0n) is 13.5. The second-order valence-electron chi connectivity index (χ2n) is 5.83. The SMILES string of the molecule is CC(=O)C(c1ccc(Cl)cc1)(c1ccc(Cl)cc1)c1ccc(Cl)cc1. The van der Waals surface area contributed by atoms with Crippen LogP contribution in [0.15, 0.2) is 72.8 Å². The Hall–Kier alpha value is -1.80. The third kappa shape index (κ3) is 3.32. The Kier molecular flexibility index (Phi) is 5.19. The highest BCUT2D eigenvalue weighted by molar-refractivity contribution is 6.31. The lowest BCUT2D eigenvalue weighted by Crippen LogP contribution is -2.36. The molecule has 25 heavy (non-hydrogen) atoms. The predicted octanol–water partition coefficient (Wildman–Crippen LogP) is 6.57. The van der Waals surface area contributed by atoms with Crippen molar-refractivity contribution in [1.82, 2.24) is 0 Å². The van der Waals surface area contributed by atoms with Crippen LogP contribution < -0.4 is 0 Å². The van der Waals surface area contributed by atoms with Gasteiger partial charge >= 0.3 is 0 Å². The van der Waals surface area contributed by atoms with Gasteiger partial charge in [0.25, 0.3) is 0 Å². The van der Waals surface area contributed by atoms with Crippen molar-refractivity contribution >= 4 is 40.6 Å². The molecular formula is C21H15Cl3O. The number of carbonyl (C=O) groups excluding carboxylic acids is 1. The van der Waals surface area contributed by atoms with Crippen LogP contribution in [-0.4, -0.2) is 5.78 Å². The summed E-state index contributed by atoms with van der Waals surface area (Å²) in [5.41, 5.74) is 1.57. The fourth-order valence-electron chi connectivity index (χ4n) is 3.21. The highest BCUT2D eigenvalue weighted by Gasteiger charge is 2.41. The summed E-state index contributed by atoms with van der Waals surface area (Å²) in [6, 6.07) is 22.0. The van der Waals surface area contributed by atoms with Gasteiger partial charge in [-0.1, -0.05) is 71.2 Å². The summed E-state index contributed by atoms with van der Waals surface area (Å²) in [5, 5.41) is 1.86. The van der Waals surface area contributed by atoms with Gasteiger partial charge in [-0.25, -0.2) is 0 Å². The first-order valence-electron chi connectivity index (χ1n) is 7.74. The first kappa shape index (κ1) is 18.0. The summed E-state index contributed by atoms with van der Waals surface area (Å²) in [5.74, 6) is -0.000493. The molecule has 0 bridgehead atoms. The molecule has 126 valence electrons. The zero-order valence-corrected chi connectivity index (χ0v) is 15.7. The maximum Gasteiger partial charge on any atom is 0.149 e. The van der Waals surface area contributed by atoms with E-state index in [1.165, 1.54) is 0 Å². The van der Waals surface area contributed by atoms with Crippen molar-refractivity contribution < 1.29 is 4.79 Å². The molecule has 0 aliphatic rings. The number of ketones is 1. The van der Waals surface area contributed by atoms with Gasteiger partial charge in [0.05, 0.1) is 0 Å². The molecule has 3 aromatic carbocycles. The number of benzene rings is 3. The highest BCUT2D eigenvalue weighted by atomic mass is 35.5. The van der Waals surface area contributed by atoms with Crippen LogP contribution in [-0.2, 0) is 10.2 Å². The van der Waals surface area contributed by atoms with Gasteiger partial charge < -0.3 is 0 Å². The average Bonchev–Trinajstić information content (AvgIpc) is 2.60. The predicted molar refractivity (Wildman–Crippen MR) is 105 cm³/mol. The lowest BCUT2D eigenvalue weighted by molar-refractivity contribution is -0.119. The normalized spacial score (nSPS) is 11.4. The fourth-order valence-corrected chi connectivity index (χ4v) is 3.59. The Morgan fingerprint density at radius 2 is 0.840 bits per heavy atom. The Bertz CT molecular complexity index is 771. The molecule has 3 aromatic rings. The largest absolute Gasteiger partial charge is 0.298 e. The topological polar surface area (TPSA) is 17.1 Å². The molecule has 0 aliphatic heterocycles. The fraction of sp³-hybridized carbons (Fsp3) is 0.0952. The van der Waals surface area contributed by atoms with E-state index in [0.29, 0.717) is 15.1 Å². The van der Waals surface area contributed by atoms with Crippen molar-refractivity contribution in [3.05, 3.63) is 105 Å². The molecule has 0 saturated carbocycles. The molecule has 3 rings (SSSR count). The summed E-state index contributed by atoms with van der Waals surface area (Å²) >= 11 is 18.2. The summed E-state index contributed by atoms with van der Waals surface area (Å²) in [6.45, 7) is 1.60. The van der Waals surface area contributed by atoms with E-state index in [0.717, 1.165) is 16.7 Å². The minimum absolute atomic E-state index is 0.000493. The molecule has 0 heterocycles. The Balaban J connectivity index is 2.35. The van der Waals surface area contributed by atoms with Crippen molar-refractivity contribution in [2.75, 3.05) is 0 Å². The molecule has 0 amide bonds. The molecule has 1 nitrogen and oxygen atoms in total. The molecule has 0 saturated heterocycles. The van der Waals surface area contributed by atoms with Crippen LogP contribution in [0.25, 0.3) is 0 Å². The molecule has 0 aliphatic carbocycles. The molecule has 0 radical (unpaired) electrons. The van der Waals surface area contributed by atoms with Crippen LogP contribution >= 0.6 is 34.8 Å². The second kappa shape index (κ2) is 7.21. The van der Waals surface area contributed by atoms with Crippen LogP contribution in [0.1, 0.15) is 23.6 Å². The molecule has 0 fully saturated rings. The van der Waals surface area contributed by atoms with E-state index >= 15 is 0 Å². The quantitative estimate of drug-likeness (QED) is 0.461. The van der Waals surface area contributed by atoms with E-state index in [-0.39, 0.29) is 5.78 Å². The molecule has 4 heteroatoms. The lowest BCUT2D eigenvalue weighted by atomic mass is 9.67. The molecular weight excluding hydrogens is 375 g/mol. The van der Waals surface area contributed by atoms with E-state index in [2.05, 4.69) is 0 Å². The van der Waals surface area contributed by atoms with Gasteiger partial charge in [-0.05, 0) is 60.0 Å². The molecule has 0 spiro atoms. The Labute approximate surface area is 162 Å². The molecule has 0 unspecified atom stereocenters. The molecule has 0 atom stereocenters. The van der Waals surface area contributed by atoms with E-state index in [4.69, 9.17) is 34.8 Å². The van der Waals surface area contributed by atoms with Gasteiger partial charge in [0.15, 0.2) is 0 Å². The Morgan fingerprint density at radius 1 is 0.600 bits per heavy atom. The smallest absolute Gasteiger partial charge is 0.149 e. The number of Topliss-reactive ketones (excluding diaryl/α,β-unsaturated/α-hetero) is 1. The minimum atomic E-state index is -0.959. The second-order valence-corrected chi connectivity index (χ2v) is 7.14. The van der Waals surface area contributed by atoms with Crippen molar-refractivity contribution in [3.8, 4) is 0 Å². The van der Waals surface area contributed by atoms with E-state index < -0.39 is 5.41 Å². The van der Waals surface area contributed by atoms with Gasteiger partial charge in [0.1, 0.15) is 11.2 Å². The highest BCUT2D eigenvalue weighted by Crippen LogP contribution is 2.41. The van der Waals surface area contributed by atoms with E-state index in [1.54, 1.807) is 43.3 Å². The van der Waals surface area contributed by atoms with E-state index in [9.17, 15) is 4.79 Å². The van der Waals surface area contributed by atoms with Crippen molar-refractivity contribution in [3.63, 3.8) is 0 Å². The van der Waals surface area contributed by atoms with Crippen LogP contribution in [0.5, 0.6) is 0 Å². The van der Waals surface area contributed by atoms with Crippen LogP contribution in [0.3, 0.4) is 0 Å².